The van der Waals surface area contributed by atoms with E-state index in [1.807, 2.05) is 32.3 Å². The molecular weight excluding hydrogens is 302 g/mol. The van der Waals surface area contributed by atoms with Gasteiger partial charge in [0.05, 0.1) is 12.3 Å². The normalized spacial score (nSPS) is 21.1. The van der Waals surface area contributed by atoms with Gasteiger partial charge in [-0.2, -0.15) is 0 Å². The van der Waals surface area contributed by atoms with Crippen molar-refractivity contribution in [3.63, 3.8) is 0 Å². The average molecular weight is 325 g/mol. The maximum Gasteiger partial charge on any atom is 0.139 e. The van der Waals surface area contributed by atoms with Gasteiger partial charge in [-0.1, -0.05) is 18.2 Å². The number of benzene rings is 1. The molecule has 5 heteroatoms. The molecule has 0 amide bonds. The third kappa shape index (κ3) is 3.09. The van der Waals surface area contributed by atoms with Crippen molar-refractivity contribution in [1.82, 2.24) is 14.5 Å². The van der Waals surface area contributed by atoms with Crippen LogP contribution in [0.15, 0.2) is 36.0 Å². The first-order chi connectivity index (χ1) is 11.7. The molecule has 0 saturated carbocycles. The zero-order valence-electron chi connectivity index (χ0n) is 14.2. The summed E-state index contributed by atoms with van der Waals surface area (Å²) in [6, 6.07) is 8.19. The largest absolute Gasteiger partial charge is 0.489 e. The Balaban J connectivity index is 1.46. The Morgan fingerprint density at radius 1 is 1.29 bits per heavy atom. The summed E-state index contributed by atoms with van der Waals surface area (Å²) in [5.41, 5.74) is 3.52. The van der Waals surface area contributed by atoms with Gasteiger partial charge >= 0.3 is 0 Å². The number of imidazole rings is 1. The van der Waals surface area contributed by atoms with Crippen LogP contribution in [-0.2, 0) is 11.8 Å². The Kier molecular flexibility index (Phi) is 4.12. The van der Waals surface area contributed by atoms with Crippen LogP contribution in [0, 0.1) is 6.92 Å². The zero-order valence-corrected chi connectivity index (χ0v) is 14.2. The van der Waals surface area contributed by atoms with Crippen molar-refractivity contribution in [2.75, 3.05) is 32.8 Å². The van der Waals surface area contributed by atoms with Crippen molar-refractivity contribution >= 4 is 6.08 Å². The Bertz CT molecular complexity index is 766. The van der Waals surface area contributed by atoms with Gasteiger partial charge in [0.15, 0.2) is 0 Å². The summed E-state index contributed by atoms with van der Waals surface area (Å²) >= 11 is 0. The molecule has 2 aliphatic heterocycles. The Labute approximate surface area is 142 Å². The van der Waals surface area contributed by atoms with Gasteiger partial charge in [-0.25, -0.2) is 4.98 Å². The van der Waals surface area contributed by atoms with E-state index in [0.29, 0.717) is 6.61 Å². The predicted octanol–water partition coefficient (Wildman–Crippen LogP) is 2.58. The van der Waals surface area contributed by atoms with Crippen molar-refractivity contribution < 1.29 is 9.47 Å². The molecule has 4 rings (SSSR count). The van der Waals surface area contributed by atoms with Gasteiger partial charge < -0.3 is 14.0 Å². The number of hydrogen-bond acceptors (Lipinski definition) is 4. The SMILES string of the molecule is Cc1cn(C)c([C@H]2CN(CC3=Cc4ccccc4OC3)CCO2)n1. The average Bonchev–Trinajstić information content (AvgIpc) is 2.93. The molecule has 24 heavy (non-hydrogen) atoms. The lowest BCUT2D eigenvalue weighted by atomic mass is 10.1. The molecule has 3 heterocycles. The number of nitrogens with zero attached hydrogens (tertiary/aromatic N) is 3. The lowest BCUT2D eigenvalue weighted by Gasteiger charge is -2.33. The lowest BCUT2D eigenvalue weighted by Crippen LogP contribution is -2.40. The third-order valence-electron chi connectivity index (χ3n) is 4.59. The molecule has 1 aromatic heterocycles. The van der Waals surface area contributed by atoms with Crippen LogP contribution in [-0.4, -0.2) is 47.3 Å². The highest BCUT2D eigenvalue weighted by Crippen LogP contribution is 2.27. The van der Waals surface area contributed by atoms with Crippen LogP contribution < -0.4 is 4.74 Å². The van der Waals surface area contributed by atoms with Crippen molar-refractivity contribution in [3.8, 4) is 5.75 Å². The summed E-state index contributed by atoms with van der Waals surface area (Å²) in [7, 11) is 2.03. The number of rotatable bonds is 3. The molecule has 0 bridgehead atoms. The number of hydrogen-bond donors (Lipinski definition) is 0. The molecule has 2 aliphatic rings. The molecule has 1 aromatic carbocycles. The zero-order chi connectivity index (χ0) is 16.5. The van der Waals surface area contributed by atoms with Crippen LogP contribution >= 0.6 is 0 Å². The first-order valence-electron chi connectivity index (χ1n) is 8.44. The number of morpholine rings is 1. The van der Waals surface area contributed by atoms with Crippen LogP contribution in [0.3, 0.4) is 0 Å². The first kappa shape index (κ1) is 15.4. The third-order valence-corrected chi connectivity index (χ3v) is 4.59. The minimum Gasteiger partial charge on any atom is -0.489 e. The summed E-state index contributed by atoms with van der Waals surface area (Å²) in [5, 5.41) is 0. The summed E-state index contributed by atoms with van der Waals surface area (Å²) in [6.07, 6.45) is 4.34. The molecular formula is C19H23N3O2. The standard InChI is InChI=1S/C19H23N3O2/c1-14-10-21(2)19(20-14)18-12-22(7-8-23-18)11-15-9-16-5-3-4-6-17(16)24-13-15/h3-6,9-10,18H,7-8,11-13H2,1-2H3/t18-/m1/s1. The van der Waals surface area contributed by atoms with E-state index in [2.05, 4.69) is 32.7 Å². The second kappa shape index (κ2) is 6.42. The molecule has 1 saturated heterocycles. The fourth-order valence-electron chi connectivity index (χ4n) is 3.48. The monoisotopic (exact) mass is 325 g/mol. The predicted molar refractivity (Wildman–Crippen MR) is 93.0 cm³/mol. The van der Waals surface area contributed by atoms with E-state index < -0.39 is 0 Å². The molecule has 126 valence electrons. The molecule has 1 atom stereocenters. The fraction of sp³-hybridized carbons (Fsp3) is 0.421. The van der Waals surface area contributed by atoms with Crippen molar-refractivity contribution in [1.29, 1.82) is 0 Å². The molecule has 0 N–H and O–H groups in total. The van der Waals surface area contributed by atoms with Crippen LogP contribution in [0.2, 0.25) is 0 Å². The van der Waals surface area contributed by atoms with Crippen molar-refractivity contribution in [2.24, 2.45) is 7.05 Å². The van der Waals surface area contributed by atoms with Gasteiger partial charge in [-0.3, -0.25) is 4.90 Å². The van der Waals surface area contributed by atoms with Gasteiger partial charge in [-0.05, 0) is 24.6 Å². The lowest BCUT2D eigenvalue weighted by molar-refractivity contribution is -0.0329. The Morgan fingerprint density at radius 2 is 2.17 bits per heavy atom. The van der Waals surface area contributed by atoms with Crippen LogP contribution in [0.5, 0.6) is 5.75 Å². The summed E-state index contributed by atoms with van der Waals surface area (Å²) in [6.45, 7) is 6.15. The second-order valence-electron chi connectivity index (χ2n) is 6.58. The fourth-order valence-corrected chi connectivity index (χ4v) is 3.48. The topological polar surface area (TPSA) is 39.5 Å². The van der Waals surface area contributed by atoms with E-state index in [0.717, 1.165) is 43.5 Å². The van der Waals surface area contributed by atoms with Gasteiger partial charge in [0, 0.05) is 38.4 Å². The minimum atomic E-state index is 0.0369. The van der Waals surface area contributed by atoms with Gasteiger partial charge in [0.1, 0.15) is 24.3 Å². The second-order valence-corrected chi connectivity index (χ2v) is 6.58. The van der Waals surface area contributed by atoms with Gasteiger partial charge in [-0.15, -0.1) is 0 Å². The quantitative estimate of drug-likeness (QED) is 0.869. The number of fused-ring (bicyclic) bond motifs is 1. The maximum atomic E-state index is 5.96. The van der Waals surface area contributed by atoms with Crippen LogP contribution in [0.4, 0.5) is 0 Å². The molecule has 2 aromatic rings. The smallest absolute Gasteiger partial charge is 0.139 e. The van der Waals surface area contributed by atoms with E-state index in [1.165, 1.54) is 11.1 Å². The number of aromatic nitrogens is 2. The summed E-state index contributed by atoms with van der Waals surface area (Å²) in [5.74, 6) is 1.99. The Morgan fingerprint density at radius 3 is 3.00 bits per heavy atom. The number of aryl methyl sites for hydroxylation is 2. The van der Waals surface area contributed by atoms with Crippen LogP contribution in [0.1, 0.15) is 23.2 Å². The number of ether oxygens (including phenoxy) is 2. The summed E-state index contributed by atoms with van der Waals surface area (Å²) in [4.78, 5) is 7.05. The van der Waals surface area contributed by atoms with E-state index in [1.54, 1.807) is 0 Å². The molecule has 0 aliphatic carbocycles. The molecule has 5 nitrogen and oxygen atoms in total. The van der Waals surface area contributed by atoms with Crippen molar-refractivity contribution in [3.05, 3.63) is 53.1 Å². The molecule has 1 fully saturated rings. The highest BCUT2D eigenvalue weighted by molar-refractivity contribution is 5.62. The molecule has 0 radical (unpaired) electrons. The summed E-state index contributed by atoms with van der Waals surface area (Å²) < 4.78 is 13.9. The van der Waals surface area contributed by atoms with E-state index >= 15 is 0 Å². The van der Waals surface area contributed by atoms with E-state index in [-0.39, 0.29) is 6.10 Å². The first-order valence-corrected chi connectivity index (χ1v) is 8.44. The Hall–Kier alpha value is -2.11. The number of para-hydroxylation sites is 1. The van der Waals surface area contributed by atoms with E-state index in [9.17, 15) is 0 Å². The van der Waals surface area contributed by atoms with Crippen molar-refractivity contribution in [2.45, 2.75) is 13.0 Å². The van der Waals surface area contributed by atoms with Gasteiger partial charge in [0.2, 0.25) is 0 Å². The molecule has 0 unspecified atom stereocenters. The van der Waals surface area contributed by atoms with Gasteiger partial charge in [0.25, 0.3) is 0 Å². The van der Waals surface area contributed by atoms with Crippen LogP contribution in [0.25, 0.3) is 6.08 Å². The highest BCUT2D eigenvalue weighted by Gasteiger charge is 2.26. The molecule has 0 spiro atoms. The van der Waals surface area contributed by atoms with E-state index in [4.69, 9.17) is 9.47 Å². The maximum absolute atomic E-state index is 5.96. The minimum absolute atomic E-state index is 0.0369. The highest BCUT2D eigenvalue weighted by atomic mass is 16.5.